The van der Waals surface area contributed by atoms with Crippen LogP contribution in [0.15, 0.2) is 12.3 Å². The first-order valence-electron chi connectivity index (χ1n) is 8.40. The summed E-state index contributed by atoms with van der Waals surface area (Å²) in [7, 11) is 0. The molecular formula is C17H33NO. The number of rotatable bonds is 11. The predicted molar refractivity (Wildman–Crippen MR) is 83.0 cm³/mol. The van der Waals surface area contributed by atoms with Crippen molar-refractivity contribution in [2.24, 2.45) is 0 Å². The van der Waals surface area contributed by atoms with Crippen LogP contribution in [0.2, 0.25) is 0 Å². The molecule has 0 spiro atoms. The molecule has 19 heavy (non-hydrogen) atoms. The van der Waals surface area contributed by atoms with Gasteiger partial charge in [-0.2, -0.15) is 0 Å². The van der Waals surface area contributed by atoms with Gasteiger partial charge in [0.1, 0.15) is 5.54 Å². The first-order chi connectivity index (χ1) is 9.19. The fourth-order valence-electron chi connectivity index (χ4n) is 2.96. The van der Waals surface area contributed by atoms with Gasteiger partial charge in [-0.3, -0.25) is 0 Å². The minimum atomic E-state index is -0.0554. The number of quaternary nitrogens is 1. The van der Waals surface area contributed by atoms with Gasteiger partial charge in [-0.1, -0.05) is 64.7 Å². The average Bonchev–Trinajstić information content (AvgIpc) is 2.72. The van der Waals surface area contributed by atoms with Crippen LogP contribution in [0.3, 0.4) is 0 Å². The summed E-state index contributed by atoms with van der Waals surface area (Å²) in [6.45, 7) is 4.40. The number of nitrogens with one attached hydrogen (secondary N) is 1. The summed E-state index contributed by atoms with van der Waals surface area (Å²) in [6, 6.07) is 0. The Labute approximate surface area is 119 Å². The first-order valence-corrected chi connectivity index (χ1v) is 8.40. The minimum absolute atomic E-state index is 0.0554. The summed E-state index contributed by atoms with van der Waals surface area (Å²) >= 11 is 0. The lowest BCUT2D eigenvalue weighted by Gasteiger charge is -2.34. The quantitative estimate of drug-likeness (QED) is 0.437. The fraction of sp³-hybridized carbons (Fsp3) is 0.882. The Hall–Kier alpha value is -0.340. The number of hydrogen-bond acceptors (Lipinski definition) is 1. The van der Waals surface area contributed by atoms with Gasteiger partial charge in [-0.15, -0.1) is 0 Å². The van der Waals surface area contributed by atoms with Crippen LogP contribution < -0.4 is 5.06 Å². The lowest BCUT2D eigenvalue weighted by atomic mass is 9.92. The van der Waals surface area contributed by atoms with Gasteiger partial charge in [0, 0.05) is 12.8 Å². The molecule has 112 valence electrons. The zero-order chi connectivity index (χ0) is 14.0. The summed E-state index contributed by atoms with van der Waals surface area (Å²) in [4.78, 5) is 0. The molecule has 1 N–H and O–H groups in total. The summed E-state index contributed by atoms with van der Waals surface area (Å²) < 4.78 is 0. The van der Waals surface area contributed by atoms with Crippen molar-refractivity contribution in [1.29, 1.82) is 0 Å². The second-order valence-corrected chi connectivity index (χ2v) is 6.46. The SMILES string of the molecule is CCCCCCCCCCCCC1(C)CC=C[NH+]1[O-]. The second kappa shape index (κ2) is 9.55. The number of unbranched alkanes of at least 4 members (excludes halogenated alkanes) is 9. The Morgan fingerprint density at radius 3 is 1.95 bits per heavy atom. The van der Waals surface area contributed by atoms with Crippen LogP contribution in [-0.2, 0) is 0 Å². The molecule has 2 nitrogen and oxygen atoms in total. The van der Waals surface area contributed by atoms with E-state index in [-0.39, 0.29) is 5.54 Å². The Bertz CT molecular complexity index is 252. The molecule has 1 aliphatic rings. The molecule has 0 aliphatic carbocycles. The maximum Gasteiger partial charge on any atom is 0.102 e. The van der Waals surface area contributed by atoms with Crippen LogP contribution in [0.5, 0.6) is 0 Å². The lowest BCUT2D eigenvalue weighted by molar-refractivity contribution is -0.845. The summed E-state index contributed by atoms with van der Waals surface area (Å²) in [5.74, 6) is 0. The molecule has 0 aromatic heterocycles. The molecular weight excluding hydrogens is 234 g/mol. The highest BCUT2D eigenvalue weighted by Gasteiger charge is 2.32. The van der Waals surface area contributed by atoms with Gasteiger partial charge in [0.25, 0.3) is 0 Å². The van der Waals surface area contributed by atoms with Gasteiger partial charge in [0.15, 0.2) is 0 Å². The van der Waals surface area contributed by atoms with E-state index >= 15 is 0 Å². The Morgan fingerprint density at radius 1 is 0.947 bits per heavy atom. The van der Waals surface area contributed by atoms with Crippen molar-refractivity contribution in [1.82, 2.24) is 0 Å². The van der Waals surface area contributed by atoms with E-state index in [0.29, 0.717) is 5.06 Å². The zero-order valence-corrected chi connectivity index (χ0v) is 13.0. The van der Waals surface area contributed by atoms with Crippen LogP contribution in [0.1, 0.15) is 90.9 Å². The van der Waals surface area contributed by atoms with Crippen molar-refractivity contribution in [3.05, 3.63) is 17.5 Å². The standard InChI is InChI=1S/C17H33NO/c1-3-4-5-6-7-8-9-10-11-12-14-17(2)15-13-16-18(17)19/h13,16,18H,3-12,14-15H2,1-2H3. The van der Waals surface area contributed by atoms with Gasteiger partial charge < -0.3 is 10.3 Å². The number of hydroxylamine groups is 2. The maximum atomic E-state index is 11.7. The largest absolute Gasteiger partial charge is 0.629 e. The van der Waals surface area contributed by atoms with Crippen molar-refractivity contribution < 1.29 is 5.06 Å². The molecule has 2 unspecified atom stereocenters. The summed E-state index contributed by atoms with van der Waals surface area (Å²) in [5, 5.41) is 12.1. The fourth-order valence-corrected chi connectivity index (χ4v) is 2.96. The van der Waals surface area contributed by atoms with Gasteiger partial charge in [-0.25, -0.2) is 0 Å². The van der Waals surface area contributed by atoms with Gasteiger partial charge in [0.05, 0.1) is 6.20 Å². The predicted octanol–water partition coefficient (Wildman–Crippen LogP) is 4.36. The second-order valence-electron chi connectivity index (χ2n) is 6.46. The summed E-state index contributed by atoms with van der Waals surface area (Å²) in [5.41, 5.74) is -0.0554. The number of hydrogen-bond donors (Lipinski definition) is 1. The zero-order valence-electron chi connectivity index (χ0n) is 13.0. The minimum Gasteiger partial charge on any atom is -0.629 e. The van der Waals surface area contributed by atoms with Crippen molar-refractivity contribution in [2.75, 3.05) is 0 Å². The Balaban J connectivity index is 1.86. The first kappa shape index (κ1) is 16.7. The van der Waals surface area contributed by atoms with E-state index in [4.69, 9.17) is 0 Å². The van der Waals surface area contributed by atoms with E-state index in [9.17, 15) is 5.21 Å². The van der Waals surface area contributed by atoms with E-state index in [0.717, 1.165) is 12.8 Å². The summed E-state index contributed by atoms with van der Waals surface area (Å²) in [6.07, 6.45) is 19.5. The molecule has 2 heteroatoms. The van der Waals surface area contributed by atoms with Crippen molar-refractivity contribution in [3.8, 4) is 0 Å². The van der Waals surface area contributed by atoms with Crippen molar-refractivity contribution in [2.45, 2.75) is 96.4 Å². The van der Waals surface area contributed by atoms with Crippen LogP contribution >= 0.6 is 0 Å². The molecule has 1 rings (SSSR count). The van der Waals surface area contributed by atoms with E-state index in [2.05, 4.69) is 13.8 Å². The van der Waals surface area contributed by atoms with Gasteiger partial charge in [0.2, 0.25) is 0 Å². The molecule has 0 aromatic rings. The van der Waals surface area contributed by atoms with Crippen molar-refractivity contribution in [3.63, 3.8) is 0 Å². The molecule has 0 fully saturated rings. The molecule has 0 aromatic carbocycles. The molecule has 1 aliphatic heterocycles. The molecule has 0 bridgehead atoms. The third kappa shape index (κ3) is 6.58. The van der Waals surface area contributed by atoms with E-state index in [1.807, 2.05) is 6.08 Å². The monoisotopic (exact) mass is 267 g/mol. The maximum absolute atomic E-state index is 11.7. The van der Waals surface area contributed by atoms with E-state index in [1.165, 1.54) is 64.2 Å². The molecule has 2 atom stereocenters. The van der Waals surface area contributed by atoms with Crippen molar-refractivity contribution >= 4 is 0 Å². The Kier molecular flexibility index (Phi) is 8.40. The average molecular weight is 267 g/mol. The third-order valence-electron chi connectivity index (χ3n) is 4.51. The van der Waals surface area contributed by atoms with Crippen LogP contribution in [0.25, 0.3) is 0 Å². The third-order valence-corrected chi connectivity index (χ3v) is 4.51. The molecule has 0 saturated carbocycles. The van der Waals surface area contributed by atoms with E-state index < -0.39 is 0 Å². The molecule has 1 heterocycles. The highest BCUT2D eigenvalue weighted by molar-refractivity contribution is 4.92. The normalized spacial score (nSPS) is 26.2. The van der Waals surface area contributed by atoms with Crippen LogP contribution in [0.4, 0.5) is 0 Å². The smallest absolute Gasteiger partial charge is 0.102 e. The Morgan fingerprint density at radius 2 is 1.47 bits per heavy atom. The highest BCUT2D eigenvalue weighted by Crippen LogP contribution is 2.20. The topological polar surface area (TPSA) is 27.5 Å². The lowest BCUT2D eigenvalue weighted by Crippen LogP contribution is -3.10. The molecule has 0 radical (unpaired) electrons. The molecule has 0 saturated heterocycles. The molecule has 0 amide bonds. The van der Waals surface area contributed by atoms with Crippen LogP contribution in [-0.4, -0.2) is 5.54 Å². The van der Waals surface area contributed by atoms with E-state index in [1.54, 1.807) is 6.20 Å². The van der Waals surface area contributed by atoms with Gasteiger partial charge >= 0.3 is 0 Å². The van der Waals surface area contributed by atoms with Crippen LogP contribution in [0, 0.1) is 5.21 Å². The highest BCUT2D eigenvalue weighted by atomic mass is 16.5. The van der Waals surface area contributed by atoms with Gasteiger partial charge in [-0.05, 0) is 19.4 Å².